The molecule has 1 aliphatic heterocycles. The fraction of sp³-hybridized carbons (Fsp3) is 0.348. The number of thiol groups is 1. The third-order valence-electron chi connectivity index (χ3n) is 6.01. The Bertz CT molecular complexity index is 1370. The first-order valence-corrected chi connectivity index (χ1v) is 12.6. The van der Waals surface area contributed by atoms with E-state index in [-0.39, 0.29) is 6.54 Å². The average Bonchev–Trinajstić information content (AvgIpc) is 3.50. The molecule has 0 aliphatic carbocycles. The topological polar surface area (TPSA) is 110 Å². The van der Waals surface area contributed by atoms with E-state index in [0.29, 0.717) is 5.95 Å². The smallest absolute Gasteiger partial charge is 0.245 e. The lowest BCUT2D eigenvalue weighted by Gasteiger charge is -2.26. The Balaban J connectivity index is 1.34. The van der Waals surface area contributed by atoms with E-state index < -0.39 is 10.9 Å². The van der Waals surface area contributed by atoms with Gasteiger partial charge in [-0.25, -0.2) is 22.2 Å². The number of benzene rings is 1. The van der Waals surface area contributed by atoms with Gasteiger partial charge in [-0.3, -0.25) is 9.58 Å². The third-order valence-corrected chi connectivity index (χ3v) is 6.71. The van der Waals surface area contributed by atoms with E-state index in [1.54, 1.807) is 19.4 Å². The Morgan fingerprint density at radius 1 is 1.09 bits per heavy atom. The van der Waals surface area contributed by atoms with Gasteiger partial charge in [-0.15, -0.1) is 5.10 Å². The van der Waals surface area contributed by atoms with Crippen molar-refractivity contribution in [3.8, 4) is 11.3 Å². The summed E-state index contributed by atoms with van der Waals surface area (Å²) >= 11 is 0. The minimum atomic E-state index is -2.65. The van der Waals surface area contributed by atoms with E-state index in [1.165, 1.54) is 4.31 Å². The lowest BCUT2D eigenvalue weighted by atomic mass is 10.0. The highest BCUT2D eigenvalue weighted by molar-refractivity contribution is 7.69. The molecular weight excluding hydrogens is 468 g/mol. The van der Waals surface area contributed by atoms with Crippen LogP contribution in [0.2, 0.25) is 0 Å². The highest BCUT2D eigenvalue weighted by Gasteiger charge is 2.14. The van der Waals surface area contributed by atoms with Gasteiger partial charge in [-0.1, -0.05) is 24.3 Å². The Kier molecular flexibility index (Phi) is 7.04. The molecule has 4 heterocycles. The van der Waals surface area contributed by atoms with E-state index in [4.69, 9.17) is 9.84 Å². The largest absolute Gasteiger partial charge is 0.379 e. The predicted octanol–water partition coefficient (Wildman–Crippen LogP) is 1.63. The molecule has 0 unspecified atom stereocenters. The molecule has 1 N–H and O–H groups in total. The molecule has 12 heteroatoms. The number of nitrogens with one attached hydrogen (secondary N) is 1. The summed E-state index contributed by atoms with van der Waals surface area (Å²) in [7, 11) is -1.09. The van der Waals surface area contributed by atoms with Crippen molar-refractivity contribution >= 4 is 28.0 Å². The normalized spacial score (nSPS) is 14.8. The van der Waals surface area contributed by atoms with Crippen LogP contribution in [0.4, 0.5) is 11.6 Å². The van der Waals surface area contributed by atoms with Crippen molar-refractivity contribution in [3.05, 3.63) is 60.6 Å². The summed E-state index contributed by atoms with van der Waals surface area (Å²) in [5, 5.41) is 12.4. The van der Waals surface area contributed by atoms with Crippen LogP contribution in [0.15, 0.2) is 55.0 Å². The number of ether oxygens (including phenoxy) is 1. The minimum Gasteiger partial charge on any atom is -0.379 e. The van der Waals surface area contributed by atoms with Crippen LogP contribution >= 0.6 is 0 Å². The van der Waals surface area contributed by atoms with E-state index in [9.17, 15) is 8.42 Å². The third kappa shape index (κ3) is 5.51. The number of aromatic nitrogens is 5. The van der Waals surface area contributed by atoms with Gasteiger partial charge in [-0.05, 0) is 17.7 Å². The lowest BCUT2D eigenvalue weighted by Crippen LogP contribution is -2.38. The Hall–Kier alpha value is -3.32. The number of nitrogens with zero attached hydrogens (tertiary/aromatic N) is 7. The second-order valence-corrected chi connectivity index (χ2v) is 9.58. The minimum absolute atomic E-state index is 0.280. The molecule has 3 aromatic heterocycles. The summed E-state index contributed by atoms with van der Waals surface area (Å²) in [5.41, 5.74) is 4.31. The van der Waals surface area contributed by atoms with Crippen molar-refractivity contribution in [1.82, 2.24) is 33.6 Å². The van der Waals surface area contributed by atoms with Crippen molar-refractivity contribution in [2.24, 2.45) is 0 Å². The van der Waals surface area contributed by atoms with Gasteiger partial charge in [0.2, 0.25) is 16.8 Å². The van der Waals surface area contributed by atoms with E-state index in [0.717, 1.165) is 67.4 Å². The summed E-state index contributed by atoms with van der Waals surface area (Å²) in [5.74, 6) is 0.444. The van der Waals surface area contributed by atoms with Crippen molar-refractivity contribution in [1.29, 1.82) is 0 Å². The molecule has 5 rings (SSSR count). The van der Waals surface area contributed by atoms with Crippen LogP contribution in [-0.2, 0) is 28.7 Å². The molecule has 184 valence electrons. The van der Waals surface area contributed by atoms with Crippen molar-refractivity contribution in [3.63, 3.8) is 0 Å². The van der Waals surface area contributed by atoms with Gasteiger partial charge in [0.1, 0.15) is 0 Å². The van der Waals surface area contributed by atoms with Gasteiger partial charge < -0.3 is 10.1 Å². The van der Waals surface area contributed by atoms with Crippen LogP contribution in [0.3, 0.4) is 0 Å². The molecule has 35 heavy (non-hydrogen) atoms. The SMILES string of the molecule is CN(Cc1ccccc1-c1ccc2cnc(Nc3cnn(CCN4CCOCC4)c3)nn12)[SH](=O)=O. The van der Waals surface area contributed by atoms with E-state index >= 15 is 0 Å². The van der Waals surface area contributed by atoms with Crippen LogP contribution in [-0.4, -0.2) is 81.9 Å². The molecule has 1 aromatic carbocycles. The quantitative estimate of drug-likeness (QED) is 0.337. The van der Waals surface area contributed by atoms with Gasteiger partial charge in [-0.2, -0.15) is 5.10 Å². The second kappa shape index (κ2) is 10.5. The van der Waals surface area contributed by atoms with Crippen LogP contribution < -0.4 is 5.32 Å². The Morgan fingerprint density at radius 3 is 2.74 bits per heavy atom. The first-order chi connectivity index (χ1) is 17.1. The molecule has 0 saturated carbocycles. The zero-order valence-electron chi connectivity index (χ0n) is 19.4. The molecule has 11 nitrogen and oxygen atoms in total. The first kappa shape index (κ1) is 23.4. The average molecular weight is 497 g/mol. The summed E-state index contributed by atoms with van der Waals surface area (Å²) in [6.45, 7) is 5.47. The number of hydrogen-bond donors (Lipinski definition) is 2. The molecule has 1 fully saturated rings. The Labute approximate surface area is 205 Å². The lowest BCUT2D eigenvalue weighted by molar-refractivity contribution is 0.0360. The van der Waals surface area contributed by atoms with Crippen molar-refractivity contribution in [2.45, 2.75) is 13.1 Å². The highest BCUT2D eigenvalue weighted by atomic mass is 32.2. The fourth-order valence-corrected chi connectivity index (χ4v) is 4.39. The number of morpholine rings is 1. The maximum atomic E-state index is 11.4. The number of hydrogen-bond acceptors (Lipinski definition) is 8. The molecule has 0 bridgehead atoms. The standard InChI is InChI=1S/C23H28N8O3S/c1-28(35(32)33)16-18-4-2-3-5-21(18)22-7-6-20-15-24-23(27-31(20)22)26-19-14-25-30(17-19)9-8-29-10-12-34-13-11-29/h2-7,14-15,17,35H,8-13,16H2,1H3,(H,26,27). The van der Waals surface area contributed by atoms with Crippen LogP contribution in [0, 0.1) is 0 Å². The maximum Gasteiger partial charge on any atom is 0.245 e. The first-order valence-electron chi connectivity index (χ1n) is 11.4. The van der Waals surface area contributed by atoms with Crippen LogP contribution in [0.25, 0.3) is 16.8 Å². The van der Waals surface area contributed by atoms with Gasteiger partial charge >= 0.3 is 0 Å². The maximum absolute atomic E-state index is 11.4. The van der Waals surface area contributed by atoms with Crippen molar-refractivity contribution < 1.29 is 13.2 Å². The zero-order chi connectivity index (χ0) is 24.2. The zero-order valence-corrected chi connectivity index (χ0v) is 20.3. The van der Waals surface area contributed by atoms with Crippen molar-refractivity contribution in [2.75, 3.05) is 45.2 Å². The monoisotopic (exact) mass is 496 g/mol. The van der Waals surface area contributed by atoms with E-state index in [2.05, 4.69) is 20.3 Å². The summed E-state index contributed by atoms with van der Waals surface area (Å²) in [6.07, 6.45) is 5.46. The molecule has 4 aromatic rings. The molecule has 0 atom stereocenters. The van der Waals surface area contributed by atoms with Gasteiger partial charge in [0.05, 0.1) is 49.1 Å². The molecule has 0 spiro atoms. The Morgan fingerprint density at radius 2 is 1.91 bits per heavy atom. The van der Waals surface area contributed by atoms with Gasteiger partial charge in [0.15, 0.2) is 0 Å². The second-order valence-electron chi connectivity index (χ2n) is 8.42. The number of rotatable bonds is 9. The summed E-state index contributed by atoms with van der Waals surface area (Å²) in [6, 6.07) is 11.6. The van der Waals surface area contributed by atoms with E-state index in [1.807, 2.05) is 51.8 Å². The van der Waals surface area contributed by atoms with Gasteiger partial charge in [0.25, 0.3) is 0 Å². The molecule has 0 radical (unpaired) electrons. The molecule has 1 aliphatic rings. The summed E-state index contributed by atoms with van der Waals surface area (Å²) in [4.78, 5) is 6.81. The predicted molar refractivity (Wildman–Crippen MR) is 133 cm³/mol. The molecular formula is C23H28N8O3S. The number of fused-ring (bicyclic) bond motifs is 1. The molecule has 0 amide bonds. The fourth-order valence-electron chi connectivity index (χ4n) is 4.12. The van der Waals surface area contributed by atoms with Crippen LogP contribution in [0.1, 0.15) is 5.56 Å². The molecule has 1 saturated heterocycles. The summed E-state index contributed by atoms with van der Waals surface area (Å²) < 4.78 is 33.2. The van der Waals surface area contributed by atoms with Gasteiger partial charge in [0, 0.05) is 45.0 Å². The highest BCUT2D eigenvalue weighted by Crippen LogP contribution is 2.27. The number of anilines is 2. The van der Waals surface area contributed by atoms with Crippen LogP contribution in [0.5, 0.6) is 0 Å².